The molecule has 38 heavy (non-hydrogen) atoms. The summed E-state index contributed by atoms with van der Waals surface area (Å²) in [5.74, 6) is 2.74. The number of rotatable bonds is 10. The van der Waals surface area contributed by atoms with Crippen LogP contribution in [0, 0.1) is 0 Å². The van der Waals surface area contributed by atoms with Gasteiger partial charge in [-0.3, -0.25) is 0 Å². The van der Waals surface area contributed by atoms with Gasteiger partial charge in [-0.1, -0.05) is 68.9 Å². The highest BCUT2D eigenvalue weighted by Crippen LogP contribution is 2.38. The van der Waals surface area contributed by atoms with Crippen molar-refractivity contribution in [3.8, 4) is 23.0 Å². The van der Waals surface area contributed by atoms with Crippen LogP contribution < -0.4 is 18.1 Å². The van der Waals surface area contributed by atoms with Gasteiger partial charge in [0.1, 0.15) is 0 Å². The fourth-order valence-electron chi connectivity index (χ4n) is 5.44. The Balaban J connectivity index is 1.10. The minimum Gasteiger partial charge on any atom is -0.222 e. The Morgan fingerprint density at radius 3 is 1.24 bits per heavy atom. The first kappa shape index (κ1) is 26.7. The van der Waals surface area contributed by atoms with Crippen LogP contribution in [0.15, 0.2) is 72.8 Å². The van der Waals surface area contributed by atoms with Gasteiger partial charge in [-0.2, -0.15) is 0 Å². The standard InChI is InChI=1S/C30H34O6P2/c31-37(33-27-18-14-25(15-19-27)23-8-3-1-4-9-23)35-29-12-7-13-30(22-29)36-38(32)34-28-20-16-26(17-21-28)24-10-5-2-6-11-24/h7,12-24H,1-6,8-11H2/q+2. The second kappa shape index (κ2) is 13.2. The molecule has 3 aromatic rings. The Kier molecular flexibility index (Phi) is 9.28. The van der Waals surface area contributed by atoms with Gasteiger partial charge in [0.05, 0.1) is 0 Å². The van der Waals surface area contributed by atoms with Crippen molar-refractivity contribution in [1.82, 2.24) is 0 Å². The topological polar surface area (TPSA) is 71.1 Å². The summed E-state index contributed by atoms with van der Waals surface area (Å²) in [6.07, 6.45) is 12.6. The van der Waals surface area contributed by atoms with Crippen molar-refractivity contribution < 1.29 is 27.2 Å². The van der Waals surface area contributed by atoms with Crippen LogP contribution >= 0.6 is 16.5 Å². The lowest BCUT2D eigenvalue weighted by Crippen LogP contribution is -2.04. The minimum absolute atomic E-state index is 0.280. The van der Waals surface area contributed by atoms with E-state index in [0.717, 1.165) is 0 Å². The summed E-state index contributed by atoms with van der Waals surface area (Å²) < 4.78 is 46.8. The summed E-state index contributed by atoms with van der Waals surface area (Å²) in [6.45, 7) is 0. The molecule has 0 N–H and O–H groups in total. The third kappa shape index (κ3) is 7.56. The normalized spacial score (nSPS) is 17.4. The van der Waals surface area contributed by atoms with E-state index in [1.807, 2.05) is 48.5 Å². The van der Waals surface area contributed by atoms with Crippen LogP contribution in [0.3, 0.4) is 0 Å². The summed E-state index contributed by atoms with van der Waals surface area (Å²) in [5, 5.41) is 0. The van der Waals surface area contributed by atoms with Gasteiger partial charge in [-0.25, -0.2) is 18.1 Å². The van der Waals surface area contributed by atoms with Crippen LogP contribution in [0.25, 0.3) is 0 Å². The smallest absolute Gasteiger partial charge is 0.222 e. The van der Waals surface area contributed by atoms with Gasteiger partial charge in [0.15, 0.2) is 23.0 Å². The van der Waals surface area contributed by atoms with Gasteiger partial charge >= 0.3 is 16.5 Å². The average Bonchev–Trinajstić information content (AvgIpc) is 2.95. The first-order chi connectivity index (χ1) is 18.6. The van der Waals surface area contributed by atoms with E-state index in [0.29, 0.717) is 23.3 Å². The van der Waals surface area contributed by atoms with Crippen molar-refractivity contribution in [2.45, 2.75) is 76.0 Å². The lowest BCUT2D eigenvalue weighted by molar-refractivity contribution is 0.409. The zero-order valence-electron chi connectivity index (χ0n) is 21.5. The maximum Gasteiger partial charge on any atom is 0.805 e. The van der Waals surface area contributed by atoms with Crippen molar-refractivity contribution >= 4 is 16.5 Å². The first-order valence-corrected chi connectivity index (χ1v) is 15.8. The Hall–Kier alpha value is -2.94. The second-order valence-corrected chi connectivity index (χ2v) is 11.7. The zero-order valence-corrected chi connectivity index (χ0v) is 23.3. The van der Waals surface area contributed by atoms with Gasteiger partial charge in [0.2, 0.25) is 0 Å². The van der Waals surface area contributed by atoms with Gasteiger partial charge < -0.3 is 0 Å². The molecule has 198 valence electrons. The van der Waals surface area contributed by atoms with E-state index in [-0.39, 0.29) is 11.5 Å². The minimum atomic E-state index is -2.45. The molecule has 0 spiro atoms. The molecular weight excluding hydrogens is 518 g/mol. The van der Waals surface area contributed by atoms with Gasteiger partial charge in [-0.15, -0.1) is 0 Å². The van der Waals surface area contributed by atoms with E-state index < -0.39 is 16.5 Å². The molecule has 3 aromatic carbocycles. The molecule has 0 bridgehead atoms. The van der Waals surface area contributed by atoms with Crippen LogP contribution in [0.5, 0.6) is 23.0 Å². The zero-order chi connectivity index (χ0) is 26.2. The average molecular weight is 553 g/mol. The molecular formula is C30H34O6P2+2. The summed E-state index contributed by atoms with van der Waals surface area (Å²) in [5.41, 5.74) is 2.60. The van der Waals surface area contributed by atoms with E-state index in [1.165, 1.54) is 81.4 Å². The molecule has 2 aliphatic rings. The Labute approximate surface area is 226 Å². The Morgan fingerprint density at radius 1 is 0.474 bits per heavy atom. The highest BCUT2D eigenvalue weighted by molar-refractivity contribution is 7.34. The van der Waals surface area contributed by atoms with E-state index in [2.05, 4.69) is 0 Å². The molecule has 0 aliphatic heterocycles. The molecule has 2 fully saturated rings. The number of benzene rings is 3. The third-order valence-corrected chi connectivity index (χ3v) is 8.88. The van der Waals surface area contributed by atoms with Crippen LogP contribution in [-0.2, 0) is 9.13 Å². The molecule has 0 amide bonds. The van der Waals surface area contributed by atoms with Crippen molar-refractivity contribution in [2.75, 3.05) is 0 Å². The predicted molar refractivity (Wildman–Crippen MR) is 149 cm³/mol. The van der Waals surface area contributed by atoms with Crippen molar-refractivity contribution in [1.29, 1.82) is 0 Å². The number of hydrogen-bond donors (Lipinski definition) is 0. The molecule has 8 heteroatoms. The van der Waals surface area contributed by atoms with Gasteiger partial charge in [-0.05, 0) is 85.0 Å². The lowest BCUT2D eigenvalue weighted by atomic mass is 9.84. The quantitative estimate of drug-likeness (QED) is 0.233. The van der Waals surface area contributed by atoms with Crippen molar-refractivity contribution in [3.63, 3.8) is 0 Å². The molecule has 6 nitrogen and oxygen atoms in total. The van der Waals surface area contributed by atoms with Crippen LogP contribution in [0.4, 0.5) is 0 Å². The molecule has 0 heterocycles. The SMILES string of the molecule is O=[P+](Oc1ccc(C2CCCCC2)cc1)Oc1cccc(O[P+](=O)Oc2ccc(C3CCCCC3)cc2)c1. The first-order valence-electron chi connectivity index (χ1n) is 13.6. The molecule has 0 radical (unpaired) electrons. The Morgan fingerprint density at radius 2 is 0.842 bits per heavy atom. The summed E-state index contributed by atoms with van der Waals surface area (Å²) in [4.78, 5) is 0. The molecule has 0 aromatic heterocycles. The van der Waals surface area contributed by atoms with Crippen LogP contribution in [-0.4, -0.2) is 0 Å². The van der Waals surface area contributed by atoms with Crippen molar-refractivity contribution in [3.05, 3.63) is 83.9 Å². The maximum atomic E-state index is 12.5. The lowest BCUT2D eigenvalue weighted by Gasteiger charge is -2.21. The number of hydrogen-bond acceptors (Lipinski definition) is 6. The van der Waals surface area contributed by atoms with E-state index in [9.17, 15) is 9.13 Å². The fourth-order valence-corrected chi connectivity index (χ4v) is 6.68. The predicted octanol–water partition coefficient (Wildman–Crippen LogP) is 10.0. The summed E-state index contributed by atoms with van der Waals surface area (Å²) in [6, 6.07) is 22.0. The molecule has 2 saturated carbocycles. The monoisotopic (exact) mass is 552 g/mol. The summed E-state index contributed by atoms with van der Waals surface area (Å²) in [7, 11) is -4.90. The molecule has 2 unspecified atom stereocenters. The van der Waals surface area contributed by atoms with Crippen LogP contribution in [0.1, 0.15) is 87.2 Å². The molecule has 2 atom stereocenters. The highest BCUT2D eigenvalue weighted by Gasteiger charge is 2.28. The van der Waals surface area contributed by atoms with E-state index >= 15 is 0 Å². The summed E-state index contributed by atoms with van der Waals surface area (Å²) >= 11 is 0. The second-order valence-electron chi connectivity index (χ2n) is 10.1. The maximum absolute atomic E-state index is 12.5. The third-order valence-electron chi connectivity index (χ3n) is 7.44. The van der Waals surface area contributed by atoms with E-state index in [4.69, 9.17) is 18.1 Å². The van der Waals surface area contributed by atoms with Crippen molar-refractivity contribution in [2.24, 2.45) is 0 Å². The van der Waals surface area contributed by atoms with Crippen LogP contribution in [0.2, 0.25) is 0 Å². The Bertz CT molecular complexity index is 1120. The molecule has 5 rings (SSSR count). The highest BCUT2D eigenvalue weighted by atomic mass is 31.1. The van der Waals surface area contributed by atoms with Gasteiger partial charge in [0.25, 0.3) is 0 Å². The van der Waals surface area contributed by atoms with Gasteiger partial charge in [0, 0.05) is 15.2 Å². The largest absolute Gasteiger partial charge is 0.805 e. The fraction of sp³-hybridized carbons (Fsp3) is 0.400. The molecule has 0 saturated heterocycles. The molecule has 2 aliphatic carbocycles. The van der Waals surface area contributed by atoms with E-state index in [1.54, 1.807) is 18.2 Å².